The molecule has 0 rings (SSSR count). The van der Waals surface area contributed by atoms with Gasteiger partial charge in [-0.1, -0.05) is 19.9 Å². The maximum atomic E-state index is 11.8. The molecule has 0 saturated carbocycles. The van der Waals surface area contributed by atoms with E-state index in [2.05, 4.69) is 11.9 Å². The third-order valence-electron chi connectivity index (χ3n) is 1.43. The Kier molecular flexibility index (Phi) is 4.51. The fraction of sp³-hybridized carbons (Fsp3) is 0.625. The minimum absolute atomic E-state index is 0.254. The van der Waals surface area contributed by atoms with Crippen molar-refractivity contribution < 1.29 is 18.0 Å². The second-order valence-corrected chi connectivity index (χ2v) is 2.59. The molecular formula is C8H12F3NO. The minimum atomic E-state index is -4.63. The van der Waals surface area contributed by atoms with Gasteiger partial charge in [-0.15, -0.1) is 0 Å². The Morgan fingerprint density at radius 2 is 2.00 bits per heavy atom. The molecule has 1 amide bonds. The monoisotopic (exact) mass is 195 g/mol. The van der Waals surface area contributed by atoms with E-state index in [1.165, 1.54) is 0 Å². The molecule has 0 aliphatic carbocycles. The quantitative estimate of drug-likeness (QED) is 0.539. The van der Waals surface area contributed by atoms with Crippen LogP contribution in [0.25, 0.3) is 0 Å². The Balaban J connectivity index is 3.92. The first-order valence-corrected chi connectivity index (χ1v) is 3.94. The molecule has 0 radical (unpaired) electrons. The van der Waals surface area contributed by atoms with Gasteiger partial charge in [0.2, 0.25) is 0 Å². The van der Waals surface area contributed by atoms with Gasteiger partial charge >= 0.3 is 6.18 Å². The highest BCUT2D eigenvalue weighted by Crippen LogP contribution is 2.23. The van der Waals surface area contributed by atoms with Crippen molar-refractivity contribution in [3.63, 3.8) is 0 Å². The summed E-state index contributed by atoms with van der Waals surface area (Å²) in [6.07, 6.45) is -3.15. The fourth-order valence-corrected chi connectivity index (χ4v) is 0.614. The Morgan fingerprint density at radius 1 is 1.46 bits per heavy atom. The lowest BCUT2D eigenvalue weighted by Gasteiger charge is -2.09. The molecule has 0 aromatic carbocycles. The summed E-state index contributed by atoms with van der Waals surface area (Å²) in [6, 6.07) is 0. The summed E-state index contributed by atoms with van der Waals surface area (Å²) < 4.78 is 35.5. The van der Waals surface area contributed by atoms with E-state index in [9.17, 15) is 18.0 Å². The first-order valence-electron chi connectivity index (χ1n) is 3.94. The van der Waals surface area contributed by atoms with Crippen molar-refractivity contribution in [2.45, 2.75) is 25.9 Å². The molecule has 0 bridgehead atoms. The first-order chi connectivity index (χ1) is 5.89. The van der Waals surface area contributed by atoms with Gasteiger partial charge in [0.15, 0.2) is 0 Å². The zero-order valence-electron chi connectivity index (χ0n) is 7.37. The van der Waals surface area contributed by atoms with E-state index in [-0.39, 0.29) is 6.54 Å². The highest BCUT2D eigenvalue weighted by Gasteiger charge is 2.36. The molecule has 0 fully saturated rings. The average Bonchev–Trinajstić information content (AvgIpc) is 2.01. The van der Waals surface area contributed by atoms with Crippen LogP contribution in [0.15, 0.2) is 12.2 Å². The normalized spacial score (nSPS) is 11.1. The number of carbonyl (C=O) groups excluding carboxylic acids is 1. The first kappa shape index (κ1) is 12.0. The van der Waals surface area contributed by atoms with Crippen molar-refractivity contribution in [3.8, 4) is 0 Å². The number of carbonyl (C=O) groups is 1. The Hall–Kier alpha value is -1.00. The predicted octanol–water partition coefficient (Wildman–Crippen LogP) is 2.02. The summed E-state index contributed by atoms with van der Waals surface area (Å²) in [4.78, 5) is 10.7. The lowest BCUT2D eigenvalue weighted by molar-refractivity contribution is -0.130. The number of halogens is 3. The third kappa shape index (κ3) is 4.55. The third-order valence-corrected chi connectivity index (χ3v) is 1.43. The zero-order valence-corrected chi connectivity index (χ0v) is 7.37. The number of nitrogens with one attached hydrogen (secondary N) is 1. The lowest BCUT2D eigenvalue weighted by atomic mass is 10.2. The number of alkyl halides is 3. The summed E-state index contributed by atoms with van der Waals surface area (Å²) in [5.74, 6) is -1.14. The second-order valence-electron chi connectivity index (χ2n) is 2.59. The summed E-state index contributed by atoms with van der Waals surface area (Å²) >= 11 is 0. The Morgan fingerprint density at radius 3 is 2.38 bits per heavy atom. The van der Waals surface area contributed by atoms with Crippen LogP contribution in [0.1, 0.15) is 19.8 Å². The van der Waals surface area contributed by atoms with Crippen molar-refractivity contribution in [2.24, 2.45) is 0 Å². The summed E-state index contributed by atoms with van der Waals surface area (Å²) in [5.41, 5.74) is -1.34. The number of unbranched alkanes of at least 4 members (excludes halogenated alkanes) is 1. The molecule has 0 aliphatic rings. The van der Waals surface area contributed by atoms with Crippen LogP contribution in [-0.2, 0) is 4.79 Å². The van der Waals surface area contributed by atoms with E-state index in [0.29, 0.717) is 6.42 Å². The van der Waals surface area contributed by atoms with Gasteiger partial charge in [0.25, 0.3) is 5.91 Å². The number of rotatable bonds is 4. The molecule has 2 nitrogen and oxygen atoms in total. The molecular weight excluding hydrogens is 183 g/mol. The molecule has 76 valence electrons. The number of hydrogen-bond acceptors (Lipinski definition) is 1. The average molecular weight is 195 g/mol. The molecule has 0 saturated heterocycles. The van der Waals surface area contributed by atoms with Crippen LogP contribution in [0.5, 0.6) is 0 Å². The molecule has 5 heteroatoms. The Bertz CT molecular complexity index is 198. The molecule has 13 heavy (non-hydrogen) atoms. The van der Waals surface area contributed by atoms with E-state index in [1.54, 1.807) is 0 Å². The molecule has 0 aromatic heterocycles. The van der Waals surface area contributed by atoms with Gasteiger partial charge in [0, 0.05) is 6.54 Å². The smallest absolute Gasteiger partial charge is 0.352 e. The topological polar surface area (TPSA) is 29.1 Å². The molecule has 0 aromatic rings. The summed E-state index contributed by atoms with van der Waals surface area (Å²) in [6.45, 7) is 4.80. The molecule has 0 aliphatic heterocycles. The van der Waals surface area contributed by atoms with E-state index < -0.39 is 17.7 Å². The van der Waals surface area contributed by atoms with Crippen LogP contribution < -0.4 is 5.32 Å². The van der Waals surface area contributed by atoms with Gasteiger partial charge in [-0.25, -0.2) is 0 Å². The van der Waals surface area contributed by atoms with E-state index >= 15 is 0 Å². The standard InChI is InChI=1S/C8H12F3NO/c1-3-4-5-12-7(13)6(2)8(9,10)11/h2-5H2,1H3,(H,12,13). The van der Waals surface area contributed by atoms with Crippen LogP contribution in [0, 0.1) is 0 Å². The van der Waals surface area contributed by atoms with E-state index in [1.807, 2.05) is 6.92 Å². The van der Waals surface area contributed by atoms with Crippen LogP contribution in [0.4, 0.5) is 13.2 Å². The van der Waals surface area contributed by atoms with Gasteiger partial charge in [0.1, 0.15) is 5.57 Å². The lowest BCUT2D eigenvalue weighted by Crippen LogP contribution is -2.31. The van der Waals surface area contributed by atoms with Gasteiger partial charge in [-0.3, -0.25) is 4.79 Å². The van der Waals surface area contributed by atoms with E-state index in [0.717, 1.165) is 6.42 Å². The zero-order chi connectivity index (χ0) is 10.5. The van der Waals surface area contributed by atoms with Crippen molar-refractivity contribution in [1.29, 1.82) is 0 Å². The van der Waals surface area contributed by atoms with Crippen LogP contribution in [-0.4, -0.2) is 18.6 Å². The SMILES string of the molecule is C=C(C(=O)NCCCC)C(F)(F)F. The number of amides is 1. The highest BCUT2D eigenvalue weighted by molar-refractivity contribution is 5.93. The Labute approximate surface area is 74.8 Å². The highest BCUT2D eigenvalue weighted by atomic mass is 19.4. The van der Waals surface area contributed by atoms with Gasteiger partial charge in [-0.05, 0) is 6.42 Å². The van der Waals surface area contributed by atoms with Crippen molar-refractivity contribution >= 4 is 5.91 Å². The summed E-state index contributed by atoms with van der Waals surface area (Å²) in [5, 5.41) is 2.13. The maximum absolute atomic E-state index is 11.8. The second kappa shape index (κ2) is 4.89. The van der Waals surface area contributed by atoms with Gasteiger partial charge in [-0.2, -0.15) is 13.2 Å². The predicted molar refractivity (Wildman–Crippen MR) is 43.1 cm³/mol. The molecule has 0 spiro atoms. The van der Waals surface area contributed by atoms with Gasteiger partial charge in [0.05, 0.1) is 0 Å². The van der Waals surface area contributed by atoms with Crippen molar-refractivity contribution in [1.82, 2.24) is 5.32 Å². The van der Waals surface area contributed by atoms with Crippen molar-refractivity contribution in [3.05, 3.63) is 12.2 Å². The largest absolute Gasteiger partial charge is 0.421 e. The number of hydrogen-bond donors (Lipinski definition) is 1. The summed E-state index contributed by atoms with van der Waals surface area (Å²) in [7, 11) is 0. The fourth-order valence-electron chi connectivity index (χ4n) is 0.614. The molecule has 1 N–H and O–H groups in total. The minimum Gasteiger partial charge on any atom is -0.352 e. The van der Waals surface area contributed by atoms with Crippen LogP contribution in [0.3, 0.4) is 0 Å². The molecule has 0 unspecified atom stereocenters. The molecule has 0 atom stereocenters. The van der Waals surface area contributed by atoms with Crippen LogP contribution >= 0.6 is 0 Å². The van der Waals surface area contributed by atoms with Crippen molar-refractivity contribution in [2.75, 3.05) is 6.54 Å². The van der Waals surface area contributed by atoms with Crippen LogP contribution in [0.2, 0.25) is 0 Å². The maximum Gasteiger partial charge on any atom is 0.421 e. The van der Waals surface area contributed by atoms with Gasteiger partial charge < -0.3 is 5.32 Å². The molecule has 0 heterocycles. The van der Waals surface area contributed by atoms with E-state index in [4.69, 9.17) is 0 Å².